The van der Waals surface area contributed by atoms with Gasteiger partial charge >= 0.3 is 5.97 Å². The maximum atomic E-state index is 12.4. The lowest BCUT2D eigenvalue weighted by Crippen LogP contribution is -2.31. The van der Waals surface area contributed by atoms with E-state index in [-0.39, 0.29) is 12.5 Å². The molecule has 0 fully saturated rings. The van der Waals surface area contributed by atoms with E-state index in [1.165, 1.54) is 23.3 Å². The summed E-state index contributed by atoms with van der Waals surface area (Å²) >= 11 is 1.52. The number of carbonyl (C=O) groups excluding carboxylic acids is 1. The Labute approximate surface area is 202 Å². The lowest BCUT2D eigenvalue weighted by molar-refractivity contribution is -0.137. The van der Waals surface area contributed by atoms with Crippen LogP contribution < -0.4 is 14.4 Å². The zero-order chi connectivity index (χ0) is 24.7. The number of aliphatic carboxylic acids is 1. The van der Waals surface area contributed by atoms with Crippen LogP contribution in [0.2, 0.25) is 0 Å². The molecule has 34 heavy (non-hydrogen) atoms. The Morgan fingerprint density at radius 1 is 1.15 bits per heavy atom. The summed E-state index contributed by atoms with van der Waals surface area (Å²) in [5, 5.41) is 11.7. The summed E-state index contributed by atoms with van der Waals surface area (Å²) in [6.45, 7) is 4.67. The fraction of sp³-hybridized carbons (Fsp3) is 0.240. The van der Waals surface area contributed by atoms with Gasteiger partial charge < -0.3 is 24.4 Å². The summed E-state index contributed by atoms with van der Waals surface area (Å²) in [6, 6.07) is 12.7. The first-order valence-corrected chi connectivity index (χ1v) is 11.3. The highest BCUT2D eigenvalue weighted by molar-refractivity contribution is 7.14. The number of likely N-dealkylation sites (N-methyl/N-ethyl adjacent to an activating group) is 1. The molecule has 9 heteroatoms. The van der Waals surface area contributed by atoms with Gasteiger partial charge in [-0.05, 0) is 35.9 Å². The molecule has 1 heterocycles. The second kappa shape index (κ2) is 11.3. The van der Waals surface area contributed by atoms with Crippen molar-refractivity contribution in [3.63, 3.8) is 0 Å². The van der Waals surface area contributed by atoms with Crippen molar-refractivity contribution >= 4 is 28.3 Å². The zero-order valence-electron chi connectivity index (χ0n) is 19.4. The molecule has 0 saturated heterocycles. The van der Waals surface area contributed by atoms with Gasteiger partial charge in [-0.15, -0.1) is 17.9 Å². The fourth-order valence-electron chi connectivity index (χ4n) is 3.38. The maximum absolute atomic E-state index is 12.4. The van der Waals surface area contributed by atoms with Crippen LogP contribution in [-0.2, 0) is 11.3 Å². The second-order valence-electron chi connectivity index (χ2n) is 7.50. The molecule has 3 aromatic rings. The standard InChI is InChI=1S/C25H27N3O5S/c1-5-12-28(14-17-6-8-18(9-7-17)24(31)27(2)15-23(29)30)25-26-21(16-34-25)20-13-19(32-3)10-11-22(20)33-4/h5-11,13,16H,1,12,14-15H2,2-4H3,(H,29,30). The summed E-state index contributed by atoms with van der Waals surface area (Å²) in [5.74, 6) is 0.0357. The molecular weight excluding hydrogens is 454 g/mol. The molecule has 0 atom stereocenters. The molecule has 1 amide bonds. The summed E-state index contributed by atoms with van der Waals surface area (Å²) < 4.78 is 10.8. The van der Waals surface area contributed by atoms with Gasteiger partial charge in [-0.3, -0.25) is 9.59 Å². The van der Waals surface area contributed by atoms with Crippen LogP contribution in [0.25, 0.3) is 11.3 Å². The zero-order valence-corrected chi connectivity index (χ0v) is 20.2. The molecule has 0 aliphatic heterocycles. The number of carbonyl (C=O) groups is 2. The molecule has 3 rings (SSSR count). The first-order valence-electron chi connectivity index (χ1n) is 10.5. The van der Waals surface area contributed by atoms with Crippen LogP contribution in [0.15, 0.2) is 60.5 Å². The van der Waals surface area contributed by atoms with Crippen LogP contribution in [0.4, 0.5) is 5.13 Å². The van der Waals surface area contributed by atoms with Crippen LogP contribution in [0, 0.1) is 0 Å². The molecule has 8 nitrogen and oxygen atoms in total. The van der Waals surface area contributed by atoms with E-state index in [4.69, 9.17) is 19.6 Å². The maximum Gasteiger partial charge on any atom is 0.323 e. The third-order valence-corrected chi connectivity index (χ3v) is 5.99. The largest absolute Gasteiger partial charge is 0.497 e. The fourth-order valence-corrected chi connectivity index (χ4v) is 4.22. The predicted octanol–water partition coefficient (Wildman–Crippen LogP) is 4.18. The molecule has 1 aromatic heterocycles. The first-order chi connectivity index (χ1) is 16.4. The third kappa shape index (κ3) is 5.93. The van der Waals surface area contributed by atoms with Crippen molar-refractivity contribution in [3.05, 3.63) is 71.6 Å². The number of hydrogen-bond donors (Lipinski definition) is 1. The van der Waals surface area contributed by atoms with Gasteiger partial charge in [-0.2, -0.15) is 0 Å². The molecule has 0 bridgehead atoms. The van der Waals surface area contributed by atoms with E-state index in [0.717, 1.165) is 27.7 Å². The van der Waals surface area contributed by atoms with Crippen molar-refractivity contribution in [2.24, 2.45) is 0 Å². The number of methoxy groups -OCH3 is 2. The van der Waals surface area contributed by atoms with Crippen molar-refractivity contribution in [2.45, 2.75) is 6.54 Å². The van der Waals surface area contributed by atoms with Crippen LogP contribution in [0.3, 0.4) is 0 Å². The molecule has 0 unspecified atom stereocenters. The number of amides is 1. The van der Waals surface area contributed by atoms with Gasteiger partial charge in [-0.1, -0.05) is 18.2 Å². The van der Waals surface area contributed by atoms with E-state index in [9.17, 15) is 9.59 Å². The van der Waals surface area contributed by atoms with Gasteiger partial charge in [0.2, 0.25) is 0 Å². The van der Waals surface area contributed by atoms with Crippen molar-refractivity contribution < 1.29 is 24.2 Å². The van der Waals surface area contributed by atoms with E-state index in [1.807, 2.05) is 41.8 Å². The van der Waals surface area contributed by atoms with Gasteiger partial charge in [0.25, 0.3) is 5.91 Å². The average molecular weight is 482 g/mol. The summed E-state index contributed by atoms with van der Waals surface area (Å²) in [4.78, 5) is 31.3. The minimum Gasteiger partial charge on any atom is -0.497 e. The Morgan fingerprint density at radius 2 is 1.88 bits per heavy atom. The van der Waals surface area contributed by atoms with E-state index in [0.29, 0.717) is 24.4 Å². The number of hydrogen-bond acceptors (Lipinski definition) is 7. The van der Waals surface area contributed by atoms with Crippen LogP contribution in [-0.4, -0.2) is 61.2 Å². The molecule has 1 N–H and O–H groups in total. The van der Waals surface area contributed by atoms with E-state index < -0.39 is 5.97 Å². The quantitative estimate of drug-likeness (QED) is 0.411. The summed E-state index contributed by atoms with van der Waals surface area (Å²) in [7, 11) is 4.71. The SMILES string of the molecule is C=CCN(Cc1ccc(C(=O)N(C)CC(=O)O)cc1)c1nc(-c2cc(OC)ccc2OC)cs1. The number of carboxylic acids is 1. The predicted molar refractivity (Wildman–Crippen MR) is 133 cm³/mol. The molecule has 0 saturated carbocycles. The molecule has 0 spiro atoms. The van der Waals surface area contributed by atoms with Gasteiger partial charge in [-0.25, -0.2) is 4.98 Å². The number of rotatable bonds is 11. The topological polar surface area (TPSA) is 92.2 Å². The Bertz CT molecular complexity index is 1160. The smallest absolute Gasteiger partial charge is 0.323 e. The van der Waals surface area contributed by atoms with Gasteiger partial charge in [0.15, 0.2) is 5.13 Å². The molecule has 0 radical (unpaired) electrons. The number of benzene rings is 2. The number of carboxylic acid groups (broad SMARTS) is 1. The highest BCUT2D eigenvalue weighted by Crippen LogP contribution is 2.36. The number of nitrogens with zero attached hydrogens (tertiary/aromatic N) is 3. The van der Waals surface area contributed by atoms with Crippen molar-refractivity contribution in [2.75, 3.05) is 39.3 Å². The van der Waals surface area contributed by atoms with Gasteiger partial charge in [0.05, 0.1) is 19.9 Å². The molecular formula is C25H27N3O5S. The van der Waals surface area contributed by atoms with Crippen LogP contribution in [0.1, 0.15) is 15.9 Å². The highest BCUT2D eigenvalue weighted by Gasteiger charge is 2.17. The van der Waals surface area contributed by atoms with Crippen molar-refractivity contribution in [1.82, 2.24) is 9.88 Å². The van der Waals surface area contributed by atoms with E-state index in [2.05, 4.69) is 11.5 Å². The van der Waals surface area contributed by atoms with E-state index in [1.54, 1.807) is 26.4 Å². The second-order valence-corrected chi connectivity index (χ2v) is 8.34. The monoisotopic (exact) mass is 481 g/mol. The average Bonchev–Trinajstić information content (AvgIpc) is 3.33. The highest BCUT2D eigenvalue weighted by atomic mass is 32.1. The normalized spacial score (nSPS) is 10.4. The Balaban J connectivity index is 1.79. The lowest BCUT2D eigenvalue weighted by Gasteiger charge is -2.20. The minimum absolute atomic E-state index is 0.339. The van der Waals surface area contributed by atoms with Crippen LogP contribution >= 0.6 is 11.3 Å². The summed E-state index contributed by atoms with van der Waals surface area (Å²) in [6.07, 6.45) is 1.81. The lowest BCUT2D eigenvalue weighted by atomic mass is 10.1. The number of aromatic nitrogens is 1. The van der Waals surface area contributed by atoms with Crippen LogP contribution in [0.5, 0.6) is 11.5 Å². The van der Waals surface area contributed by atoms with Crippen molar-refractivity contribution in [1.29, 1.82) is 0 Å². The van der Waals surface area contributed by atoms with Crippen molar-refractivity contribution in [3.8, 4) is 22.8 Å². The molecule has 2 aromatic carbocycles. The number of ether oxygens (including phenoxy) is 2. The Morgan fingerprint density at radius 3 is 2.50 bits per heavy atom. The van der Waals surface area contributed by atoms with Gasteiger partial charge in [0, 0.05) is 36.6 Å². The Kier molecular flexibility index (Phi) is 8.26. The number of thiazole rings is 1. The summed E-state index contributed by atoms with van der Waals surface area (Å²) in [5.41, 5.74) is 3.04. The minimum atomic E-state index is -1.05. The van der Waals surface area contributed by atoms with Gasteiger partial charge in [0.1, 0.15) is 18.0 Å². The molecule has 178 valence electrons. The third-order valence-electron chi connectivity index (χ3n) is 5.09. The molecule has 0 aliphatic carbocycles. The molecule has 0 aliphatic rings. The Hall–Kier alpha value is -3.85. The first kappa shape index (κ1) is 24.8. The van der Waals surface area contributed by atoms with E-state index >= 15 is 0 Å². The number of anilines is 1.